The van der Waals surface area contributed by atoms with Crippen molar-refractivity contribution in [3.8, 4) is 5.75 Å². The van der Waals surface area contributed by atoms with E-state index < -0.39 is 5.54 Å². The molecular formula is C14H19NO2. The predicted molar refractivity (Wildman–Crippen MR) is 67.6 cm³/mol. The van der Waals surface area contributed by atoms with Crippen molar-refractivity contribution in [3.05, 3.63) is 29.3 Å². The summed E-state index contributed by atoms with van der Waals surface area (Å²) < 4.78 is 5.30. The lowest BCUT2D eigenvalue weighted by atomic mass is 9.96. The molecule has 3 nitrogen and oxygen atoms in total. The van der Waals surface area contributed by atoms with Crippen molar-refractivity contribution < 1.29 is 9.53 Å². The maximum absolute atomic E-state index is 12.2. The molecule has 1 aliphatic carbocycles. The molecule has 0 bridgehead atoms. The molecule has 2 rings (SSSR count). The molecule has 92 valence electrons. The van der Waals surface area contributed by atoms with Gasteiger partial charge in [-0.1, -0.05) is 19.9 Å². The molecule has 1 aromatic carbocycles. The molecule has 0 saturated heterocycles. The fourth-order valence-electron chi connectivity index (χ4n) is 1.88. The molecule has 0 heterocycles. The molecule has 3 heteroatoms. The molecule has 0 aromatic heterocycles. The zero-order valence-electron chi connectivity index (χ0n) is 10.6. The lowest BCUT2D eigenvalue weighted by Crippen LogP contribution is -2.33. The van der Waals surface area contributed by atoms with Gasteiger partial charge >= 0.3 is 0 Å². The van der Waals surface area contributed by atoms with Gasteiger partial charge in [-0.25, -0.2) is 0 Å². The van der Waals surface area contributed by atoms with E-state index >= 15 is 0 Å². The first-order valence-electron chi connectivity index (χ1n) is 5.99. The molecule has 0 amide bonds. The summed E-state index contributed by atoms with van der Waals surface area (Å²) >= 11 is 0. The Morgan fingerprint density at radius 1 is 1.41 bits per heavy atom. The van der Waals surface area contributed by atoms with Gasteiger partial charge in [0.2, 0.25) is 0 Å². The number of Topliss-reactive ketones (excluding diaryl/α,β-unsaturated/α-hetero) is 1. The highest BCUT2D eigenvalue weighted by Crippen LogP contribution is 2.38. The first kappa shape index (κ1) is 12.1. The van der Waals surface area contributed by atoms with E-state index in [1.807, 2.05) is 18.2 Å². The Morgan fingerprint density at radius 3 is 2.53 bits per heavy atom. The predicted octanol–water partition coefficient (Wildman–Crippen LogP) is 2.49. The topological polar surface area (TPSA) is 52.3 Å². The molecule has 0 atom stereocenters. The van der Waals surface area contributed by atoms with E-state index in [-0.39, 0.29) is 5.78 Å². The zero-order chi connectivity index (χ0) is 12.6. The van der Waals surface area contributed by atoms with E-state index in [1.165, 1.54) is 5.56 Å². The number of benzene rings is 1. The van der Waals surface area contributed by atoms with Crippen LogP contribution in [0.4, 0.5) is 0 Å². The summed E-state index contributed by atoms with van der Waals surface area (Å²) in [4.78, 5) is 12.2. The average molecular weight is 233 g/mol. The number of ketones is 1. The number of hydrogen-bond acceptors (Lipinski definition) is 3. The van der Waals surface area contributed by atoms with Crippen LogP contribution < -0.4 is 10.5 Å². The Morgan fingerprint density at radius 2 is 2.06 bits per heavy atom. The lowest BCUT2D eigenvalue weighted by Gasteiger charge is -2.14. The van der Waals surface area contributed by atoms with E-state index in [4.69, 9.17) is 10.5 Å². The van der Waals surface area contributed by atoms with Gasteiger partial charge < -0.3 is 10.5 Å². The third-order valence-electron chi connectivity index (χ3n) is 3.38. The normalized spacial score (nSPS) is 17.0. The molecule has 0 radical (unpaired) electrons. The van der Waals surface area contributed by atoms with Gasteiger partial charge in [0.1, 0.15) is 5.75 Å². The maximum atomic E-state index is 12.2. The van der Waals surface area contributed by atoms with Gasteiger partial charge in [0.15, 0.2) is 5.78 Å². The number of rotatable bonds is 4. The highest BCUT2D eigenvalue weighted by atomic mass is 16.5. The fraction of sp³-hybridized carbons (Fsp3) is 0.500. The maximum Gasteiger partial charge on any atom is 0.186 e. The van der Waals surface area contributed by atoms with Gasteiger partial charge in [0, 0.05) is 0 Å². The van der Waals surface area contributed by atoms with Gasteiger partial charge in [-0.15, -0.1) is 0 Å². The van der Waals surface area contributed by atoms with Crippen LogP contribution in [0.1, 0.15) is 48.5 Å². The average Bonchev–Trinajstić information content (AvgIpc) is 3.06. The highest BCUT2D eigenvalue weighted by Gasteiger charge is 2.46. The van der Waals surface area contributed by atoms with Crippen LogP contribution in [0.5, 0.6) is 5.75 Å². The first-order chi connectivity index (χ1) is 7.98. The Labute approximate surface area is 102 Å². The van der Waals surface area contributed by atoms with Gasteiger partial charge in [-0.2, -0.15) is 0 Å². The third kappa shape index (κ3) is 2.20. The molecule has 1 aliphatic rings. The summed E-state index contributed by atoms with van der Waals surface area (Å²) in [5, 5.41) is 0. The first-order valence-corrected chi connectivity index (χ1v) is 5.99. The molecule has 1 aromatic rings. The summed E-state index contributed by atoms with van der Waals surface area (Å²) in [7, 11) is 1.59. The number of carbonyl (C=O) groups excluding carboxylic acids is 1. The van der Waals surface area contributed by atoms with Crippen LogP contribution in [-0.2, 0) is 0 Å². The highest BCUT2D eigenvalue weighted by molar-refractivity contribution is 6.07. The van der Waals surface area contributed by atoms with Gasteiger partial charge in [0.25, 0.3) is 0 Å². The van der Waals surface area contributed by atoms with E-state index in [2.05, 4.69) is 13.8 Å². The number of methoxy groups -OCH3 is 1. The van der Waals surface area contributed by atoms with Crippen molar-refractivity contribution in [1.29, 1.82) is 0 Å². The van der Waals surface area contributed by atoms with E-state index in [1.54, 1.807) is 7.11 Å². The van der Waals surface area contributed by atoms with Crippen LogP contribution in [0.3, 0.4) is 0 Å². The minimum absolute atomic E-state index is 0.00431. The summed E-state index contributed by atoms with van der Waals surface area (Å²) in [6.45, 7) is 4.23. The van der Waals surface area contributed by atoms with Crippen LogP contribution in [0.2, 0.25) is 0 Å². The minimum atomic E-state index is -0.632. The van der Waals surface area contributed by atoms with Crippen LogP contribution in [0.25, 0.3) is 0 Å². The second kappa shape index (κ2) is 4.15. The SMILES string of the molecule is COc1cc(C(C)C)ccc1C(=O)C1(N)CC1. The van der Waals surface area contributed by atoms with Gasteiger partial charge in [0.05, 0.1) is 18.2 Å². The van der Waals surface area contributed by atoms with Crippen LogP contribution in [0, 0.1) is 0 Å². The van der Waals surface area contributed by atoms with Crippen molar-refractivity contribution in [1.82, 2.24) is 0 Å². The largest absolute Gasteiger partial charge is 0.496 e. The quantitative estimate of drug-likeness (QED) is 0.813. The monoisotopic (exact) mass is 233 g/mol. The summed E-state index contributed by atoms with van der Waals surface area (Å²) in [6.07, 6.45) is 1.56. The van der Waals surface area contributed by atoms with E-state index in [0.717, 1.165) is 12.8 Å². The van der Waals surface area contributed by atoms with Crippen molar-refractivity contribution in [2.75, 3.05) is 7.11 Å². The van der Waals surface area contributed by atoms with Crippen LogP contribution in [0.15, 0.2) is 18.2 Å². The van der Waals surface area contributed by atoms with E-state index in [0.29, 0.717) is 17.2 Å². The zero-order valence-corrected chi connectivity index (χ0v) is 10.6. The molecule has 17 heavy (non-hydrogen) atoms. The fourth-order valence-corrected chi connectivity index (χ4v) is 1.88. The Kier molecular flexibility index (Phi) is 2.96. The van der Waals surface area contributed by atoms with Gasteiger partial charge in [-0.3, -0.25) is 4.79 Å². The molecule has 2 N–H and O–H groups in total. The van der Waals surface area contributed by atoms with Gasteiger partial charge in [-0.05, 0) is 36.5 Å². The molecule has 1 fully saturated rings. The standard InChI is InChI=1S/C14H19NO2/c1-9(2)10-4-5-11(12(8-10)17-3)13(16)14(15)6-7-14/h4-5,8-9H,6-7,15H2,1-3H3. The number of nitrogens with two attached hydrogens (primary N) is 1. The molecule has 0 unspecified atom stereocenters. The summed E-state index contributed by atoms with van der Waals surface area (Å²) in [5.41, 5.74) is 7.08. The second-order valence-corrected chi connectivity index (χ2v) is 5.10. The lowest BCUT2D eigenvalue weighted by molar-refractivity contribution is 0.0946. The van der Waals surface area contributed by atoms with Crippen molar-refractivity contribution in [3.63, 3.8) is 0 Å². The molecule has 1 saturated carbocycles. The minimum Gasteiger partial charge on any atom is -0.496 e. The Hall–Kier alpha value is -1.35. The number of hydrogen-bond donors (Lipinski definition) is 1. The summed E-state index contributed by atoms with van der Waals surface area (Å²) in [5.74, 6) is 1.06. The Bertz CT molecular complexity index is 448. The van der Waals surface area contributed by atoms with E-state index in [9.17, 15) is 4.79 Å². The number of carbonyl (C=O) groups is 1. The second-order valence-electron chi connectivity index (χ2n) is 5.10. The molecule has 0 aliphatic heterocycles. The molecule has 0 spiro atoms. The number of ether oxygens (including phenoxy) is 1. The Balaban J connectivity index is 2.37. The van der Waals surface area contributed by atoms with Crippen molar-refractivity contribution in [2.24, 2.45) is 5.73 Å². The van der Waals surface area contributed by atoms with Crippen molar-refractivity contribution >= 4 is 5.78 Å². The third-order valence-corrected chi connectivity index (χ3v) is 3.38. The summed E-state index contributed by atoms with van der Waals surface area (Å²) in [6, 6.07) is 5.75. The smallest absolute Gasteiger partial charge is 0.186 e. The van der Waals surface area contributed by atoms with Crippen molar-refractivity contribution in [2.45, 2.75) is 38.1 Å². The molecular weight excluding hydrogens is 214 g/mol. The van der Waals surface area contributed by atoms with Crippen LogP contribution >= 0.6 is 0 Å². The van der Waals surface area contributed by atoms with Crippen LogP contribution in [-0.4, -0.2) is 18.4 Å².